The monoisotopic (exact) mass is 384 g/mol. The molecule has 0 atom stereocenters. The number of aromatic nitrogens is 4. The van der Waals surface area contributed by atoms with E-state index >= 15 is 0 Å². The van der Waals surface area contributed by atoms with Crippen molar-refractivity contribution >= 4 is 28.2 Å². The predicted molar refractivity (Wildman–Crippen MR) is 108 cm³/mol. The molecule has 3 N–H and O–H groups in total. The van der Waals surface area contributed by atoms with Crippen molar-refractivity contribution < 1.29 is 4.74 Å². The number of fused-ring (bicyclic) bond motifs is 1. The Balaban J connectivity index is 1.66. The minimum Gasteiger partial charge on any atom is -0.497 e. The first-order valence-electron chi connectivity index (χ1n) is 8.63. The number of ether oxygens (including phenoxy) is 1. The van der Waals surface area contributed by atoms with Crippen LogP contribution in [0.15, 0.2) is 61.2 Å². The average Bonchev–Trinajstić information content (AvgIpc) is 2.77. The highest BCUT2D eigenvalue weighted by Crippen LogP contribution is 2.20. The molecule has 0 aliphatic heterocycles. The molecule has 0 bridgehead atoms. The normalized spacial score (nSPS) is 10.3. The van der Waals surface area contributed by atoms with Crippen molar-refractivity contribution in [2.45, 2.75) is 0 Å². The fourth-order valence-electron chi connectivity index (χ4n) is 2.71. The summed E-state index contributed by atoms with van der Waals surface area (Å²) in [6, 6.07) is 16.4. The van der Waals surface area contributed by atoms with Gasteiger partial charge in [-0.05, 0) is 48.5 Å². The summed E-state index contributed by atoms with van der Waals surface area (Å²) in [6.45, 7) is 0. The highest BCUT2D eigenvalue weighted by Gasteiger charge is 2.09. The number of rotatable bonds is 5. The lowest BCUT2D eigenvalue weighted by atomic mass is 10.2. The molecule has 0 fully saturated rings. The van der Waals surface area contributed by atoms with Crippen LogP contribution < -0.4 is 21.0 Å². The molecule has 29 heavy (non-hydrogen) atoms. The molecule has 9 heteroatoms. The SMILES string of the molecule is COc1ccc(Nn2cnc3c(Nc4ccc(C#N)cc4)ncnc3c2=N)cc1. The molecule has 2 heterocycles. The Labute approximate surface area is 165 Å². The van der Waals surface area contributed by atoms with E-state index in [4.69, 9.17) is 15.4 Å². The van der Waals surface area contributed by atoms with Crippen molar-refractivity contribution in [2.24, 2.45) is 0 Å². The van der Waals surface area contributed by atoms with Crippen LogP contribution in [0.2, 0.25) is 0 Å². The second-order valence-electron chi connectivity index (χ2n) is 6.04. The maximum Gasteiger partial charge on any atom is 0.174 e. The molecule has 0 saturated carbocycles. The Bertz CT molecular complexity index is 1260. The summed E-state index contributed by atoms with van der Waals surface area (Å²) >= 11 is 0. The van der Waals surface area contributed by atoms with Crippen molar-refractivity contribution in [1.82, 2.24) is 19.6 Å². The maximum atomic E-state index is 8.91. The van der Waals surface area contributed by atoms with E-state index in [-0.39, 0.29) is 5.49 Å². The third kappa shape index (κ3) is 3.68. The second-order valence-corrected chi connectivity index (χ2v) is 6.04. The van der Waals surface area contributed by atoms with Gasteiger partial charge in [-0.1, -0.05) is 0 Å². The van der Waals surface area contributed by atoms with E-state index < -0.39 is 0 Å². The largest absolute Gasteiger partial charge is 0.497 e. The van der Waals surface area contributed by atoms with Gasteiger partial charge < -0.3 is 10.1 Å². The summed E-state index contributed by atoms with van der Waals surface area (Å²) < 4.78 is 6.63. The molecule has 4 rings (SSSR count). The lowest BCUT2D eigenvalue weighted by molar-refractivity contribution is 0.415. The minimum atomic E-state index is 0.135. The molecule has 0 spiro atoms. The van der Waals surface area contributed by atoms with Crippen molar-refractivity contribution in [1.29, 1.82) is 10.7 Å². The average molecular weight is 384 g/mol. The van der Waals surface area contributed by atoms with Crippen molar-refractivity contribution in [3.63, 3.8) is 0 Å². The van der Waals surface area contributed by atoms with Gasteiger partial charge >= 0.3 is 0 Å². The molecule has 0 saturated heterocycles. The van der Waals surface area contributed by atoms with Gasteiger partial charge in [-0.2, -0.15) is 5.26 Å². The van der Waals surface area contributed by atoms with Crippen LogP contribution in [0.4, 0.5) is 17.2 Å². The Hall–Kier alpha value is -4.45. The fourth-order valence-corrected chi connectivity index (χ4v) is 2.71. The van der Waals surface area contributed by atoms with Gasteiger partial charge in [0, 0.05) is 5.69 Å². The zero-order chi connectivity index (χ0) is 20.2. The first-order chi connectivity index (χ1) is 14.2. The topological polar surface area (TPSA) is 125 Å². The van der Waals surface area contributed by atoms with E-state index in [0.29, 0.717) is 22.4 Å². The van der Waals surface area contributed by atoms with Crippen LogP contribution in [0.1, 0.15) is 5.56 Å². The highest BCUT2D eigenvalue weighted by molar-refractivity contribution is 5.85. The van der Waals surface area contributed by atoms with Crippen molar-refractivity contribution in [3.8, 4) is 11.8 Å². The van der Waals surface area contributed by atoms with E-state index in [1.165, 1.54) is 17.3 Å². The van der Waals surface area contributed by atoms with Gasteiger partial charge in [-0.15, -0.1) is 0 Å². The smallest absolute Gasteiger partial charge is 0.174 e. The van der Waals surface area contributed by atoms with E-state index in [1.54, 1.807) is 31.4 Å². The molecule has 4 aromatic rings. The van der Waals surface area contributed by atoms with Crippen LogP contribution in [0.3, 0.4) is 0 Å². The molecular formula is C20H16N8O. The van der Waals surface area contributed by atoms with Crippen molar-refractivity contribution in [3.05, 3.63) is 72.2 Å². The van der Waals surface area contributed by atoms with Crippen LogP contribution in [0.5, 0.6) is 5.75 Å². The summed E-state index contributed by atoms with van der Waals surface area (Å²) in [4.78, 5) is 12.9. The van der Waals surface area contributed by atoms with Crippen LogP contribution in [-0.4, -0.2) is 26.7 Å². The Morgan fingerprint density at radius 3 is 2.38 bits per heavy atom. The summed E-state index contributed by atoms with van der Waals surface area (Å²) in [5.41, 5.74) is 6.19. The number of hydrogen-bond acceptors (Lipinski definition) is 8. The van der Waals surface area contributed by atoms with Crippen LogP contribution >= 0.6 is 0 Å². The zero-order valence-electron chi connectivity index (χ0n) is 15.4. The summed E-state index contributed by atoms with van der Waals surface area (Å²) in [5, 5.41) is 20.5. The molecule has 142 valence electrons. The first-order valence-corrected chi connectivity index (χ1v) is 8.63. The zero-order valence-corrected chi connectivity index (χ0v) is 15.4. The number of methoxy groups -OCH3 is 1. The van der Waals surface area contributed by atoms with Gasteiger partial charge in [0.2, 0.25) is 0 Å². The third-order valence-electron chi connectivity index (χ3n) is 4.21. The van der Waals surface area contributed by atoms with Crippen LogP contribution in [0, 0.1) is 16.7 Å². The number of nitrogens with one attached hydrogen (secondary N) is 3. The maximum absolute atomic E-state index is 8.91. The summed E-state index contributed by atoms with van der Waals surface area (Å²) in [7, 11) is 1.61. The van der Waals surface area contributed by atoms with Crippen molar-refractivity contribution in [2.75, 3.05) is 17.9 Å². The molecule has 0 aliphatic rings. The number of anilines is 3. The van der Waals surface area contributed by atoms with Gasteiger partial charge in [0.1, 0.15) is 29.4 Å². The van der Waals surface area contributed by atoms with E-state index in [1.807, 2.05) is 24.3 Å². The highest BCUT2D eigenvalue weighted by atomic mass is 16.5. The van der Waals surface area contributed by atoms with Gasteiger partial charge in [0.15, 0.2) is 11.3 Å². The number of nitrogens with zero attached hydrogens (tertiary/aromatic N) is 5. The molecule has 2 aromatic heterocycles. The second kappa shape index (κ2) is 7.66. The number of hydrogen-bond donors (Lipinski definition) is 3. The molecule has 0 radical (unpaired) electrons. The molecule has 0 aliphatic carbocycles. The summed E-state index contributed by atoms with van der Waals surface area (Å²) in [5.74, 6) is 1.22. The number of benzene rings is 2. The molecule has 0 amide bonds. The third-order valence-corrected chi connectivity index (χ3v) is 4.21. The van der Waals surface area contributed by atoms with E-state index in [2.05, 4.69) is 31.8 Å². The molecular weight excluding hydrogens is 368 g/mol. The Kier molecular flexibility index (Phi) is 4.74. The quantitative estimate of drug-likeness (QED) is 0.483. The van der Waals surface area contributed by atoms with Crippen LogP contribution in [-0.2, 0) is 0 Å². The summed E-state index contributed by atoms with van der Waals surface area (Å²) in [6.07, 6.45) is 2.88. The van der Waals surface area contributed by atoms with E-state index in [0.717, 1.165) is 17.1 Å². The van der Waals surface area contributed by atoms with Gasteiger partial charge in [0.25, 0.3) is 0 Å². The molecule has 9 nitrogen and oxygen atoms in total. The predicted octanol–water partition coefficient (Wildman–Crippen LogP) is 2.80. The molecule has 0 unspecified atom stereocenters. The van der Waals surface area contributed by atoms with E-state index in [9.17, 15) is 0 Å². The standard InChI is InChI=1S/C20H16N8O/c1-29-16-8-6-15(7-9-16)27-28-12-25-18-17(19(28)22)23-11-24-20(18)26-14-4-2-13(10-21)3-5-14/h2-9,11-12,22,27H,1H3,(H,23,24,26). The van der Waals surface area contributed by atoms with Crippen LogP contribution in [0.25, 0.3) is 11.0 Å². The lowest BCUT2D eigenvalue weighted by Gasteiger charge is -2.13. The van der Waals surface area contributed by atoms with Gasteiger partial charge in [0.05, 0.1) is 24.4 Å². The molecule has 2 aromatic carbocycles. The first kappa shape index (κ1) is 17.9. The Morgan fingerprint density at radius 2 is 1.69 bits per heavy atom. The van der Waals surface area contributed by atoms with Gasteiger partial charge in [-0.25, -0.2) is 19.6 Å². The number of nitriles is 1. The fraction of sp³-hybridized carbons (Fsp3) is 0.0500. The minimum absolute atomic E-state index is 0.135. The lowest BCUT2D eigenvalue weighted by Crippen LogP contribution is -2.27. The Morgan fingerprint density at radius 1 is 0.966 bits per heavy atom. The van der Waals surface area contributed by atoms with Gasteiger partial charge in [-0.3, -0.25) is 10.8 Å².